The Morgan fingerprint density at radius 1 is 1.45 bits per heavy atom. The van der Waals surface area contributed by atoms with Crippen LogP contribution in [0.1, 0.15) is 23.8 Å². The van der Waals surface area contributed by atoms with E-state index in [1.165, 1.54) is 18.2 Å². The minimum atomic E-state index is -0.449. The second-order valence-corrected chi connectivity index (χ2v) is 5.64. The first-order valence-electron chi connectivity index (χ1n) is 6.13. The van der Waals surface area contributed by atoms with Gasteiger partial charge in [0.25, 0.3) is 5.91 Å². The van der Waals surface area contributed by atoms with E-state index in [1.54, 1.807) is 6.07 Å². The molecule has 0 saturated carbocycles. The lowest BCUT2D eigenvalue weighted by atomic mass is 10.3. The fraction of sp³-hybridized carbons (Fsp3) is 0.214. The van der Waals surface area contributed by atoms with Crippen LogP contribution in [0.3, 0.4) is 0 Å². The van der Waals surface area contributed by atoms with Crippen molar-refractivity contribution in [1.29, 1.82) is 0 Å². The highest BCUT2D eigenvalue weighted by molar-refractivity contribution is 9.10. The Hall–Kier alpha value is -1.33. The zero-order valence-electron chi connectivity index (χ0n) is 10.8. The van der Waals surface area contributed by atoms with E-state index in [4.69, 9.17) is 11.6 Å². The lowest BCUT2D eigenvalue weighted by Crippen LogP contribution is -2.17. The third kappa shape index (κ3) is 3.41. The molecule has 1 N–H and O–H groups in total. The molecular formula is C14H13BrClFN2O. The summed E-state index contributed by atoms with van der Waals surface area (Å²) in [7, 11) is 0. The van der Waals surface area contributed by atoms with Crippen LogP contribution in [0.2, 0.25) is 5.02 Å². The molecule has 0 saturated heterocycles. The summed E-state index contributed by atoms with van der Waals surface area (Å²) in [6.07, 6.45) is 2.74. The Balaban J connectivity index is 2.26. The van der Waals surface area contributed by atoms with Crippen molar-refractivity contribution in [3.8, 4) is 0 Å². The standard InChI is InChI=1S/C14H13BrClFN2O/c1-2-5-19-8-9(15)6-13(19)14(20)18-12-7-10(17)3-4-11(12)16/h3-4,6-8H,2,5H2,1H3,(H,18,20). The number of hydrogen-bond acceptors (Lipinski definition) is 1. The Morgan fingerprint density at radius 2 is 2.20 bits per heavy atom. The highest BCUT2D eigenvalue weighted by Gasteiger charge is 2.14. The molecular weight excluding hydrogens is 347 g/mol. The molecule has 1 aromatic carbocycles. The van der Waals surface area contributed by atoms with E-state index in [1.807, 2.05) is 17.7 Å². The van der Waals surface area contributed by atoms with Crippen molar-refractivity contribution in [2.45, 2.75) is 19.9 Å². The zero-order valence-corrected chi connectivity index (χ0v) is 13.1. The summed E-state index contributed by atoms with van der Waals surface area (Å²) < 4.78 is 15.8. The number of carbonyl (C=O) groups excluding carboxylic acids is 1. The van der Waals surface area contributed by atoms with Gasteiger partial charge in [-0.15, -0.1) is 0 Å². The summed E-state index contributed by atoms with van der Waals surface area (Å²) in [6.45, 7) is 2.75. The summed E-state index contributed by atoms with van der Waals surface area (Å²) in [4.78, 5) is 12.3. The summed E-state index contributed by atoms with van der Waals surface area (Å²) >= 11 is 9.28. The van der Waals surface area contributed by atoms with Crippen molar-refractivity contribution < 1.29 is 9.18 Å². The minimum absolute atomic E-state index is 0.261. The average molecular weight is 360 g/mol. The zero-order chi connectivity index (χ0) is 14.7. The molecule has 6 heteroatoms. The van der Waals surface area contributed by atoms with E-state index in [9.17, 15) is 9.18 Å². The van der Waals surface area contributed by atoms with E-state index in [0.29, 0.717) is 10.7 Å². The van der Waals surface area contributed by atoms with Gasteiger partial charge in [0, 0.05) is 17.2 Å². The van der Waals surface area contributed by atoms with Crippen molar-refractivity contribution in [2.75, 3.05) is 5.32 Å². The van der Waals surface area contributed by atoms with Crippen molar-refractivity contribution in [3.63, 3.8) is 0 Å². The van der Waals surface area contributed by atoms with E-state index in [0.717, 1.165) is 17.4 Å². The first-order valence-corrected chi connectivity index (χ1v) is 7.30. The van der Waals surface area contributed by atoms with Gasteiger partial charge in [-0.1, -0.05) is 18.5 Å². The molecule has 0 spiro atoms. The number of halogens is 3. The van der Waals surface area contributed by atoms with Crippen LogP contribution in [-0.4, -0.2) is 10.5 Å². The molecule has 0 fully saturated rings. The molecule has 0 unspecified atom stereocenters. The van der Waals surface area contributed by atoms with Crippen LogP contribution in [0, 0.1) is 5.82 Å². The minimum Gasteiger partial charge on any atom is -0.342 e. The number of amides is 1. The van der Waals surface area contributed by atoms with E-state index in [2.05, 4.69) is 21.2 Å². The number of aryl methyl sites for hydroxylation is 1. The molecule has 20 heavy (non-hydrogen) atoms. The molecule has 0 aliphatic rings. The Morgan fingerprint density at radius 3 is 2.90 bits per heavy atom. The van der Waals surface area contributed by atoms with E-state index < -0.39 is 5.82 Å². The number of anilines is 1. The Bertz CT molecular complexity index is 642. The molecule has 2 rings (SSSR count). The maximum Gasteiger partial charge on any atom is 0.272 e. The monoisotopic (exact) mass is 358 g/mol. The first-order chi connectivity index (χ1) is 9.51. The van der Waals surface area contributed by atoms with Crippen LogP contribution in [0.15, 0.2) is 34.9 Å². The van der Waals surface area contributed by atoms with Crippen LogP contribution < -0.4 is 5.32 Å². The third-order valence-corrected chi connectivity index (χ3v) is 3.50. The lowest BCUT2D eigenvalue weighted by molar-refractivity contribution is 0.101. The summed E-state index contributed by atoms with van der Waals surface area (Å²) in [6, 6.07) is 5.57. The number of nitrogens with one attached hydrogen (secondary N) is 1. The lowest BCUT2D eigenvalue weighted by Gasteiger charge is -2.10. The van der Waals surface area contributed by atoms with Crippen LogP contribution in [-0.2, 0) is 6.54 Å². The fourth-order valence-corrected chi connectivity index (χ4v) is 2.50. The predicted octanol–water partition coefficient (Wildman–Crippen LogP) is 4.71. The quantitative estimate of drug-likeness (QED) is 0.843. The predicted molar refractivity (Wildman–Crippen MR) is 81.8 cm³/mol. The molecule has 0 aliphatic carbocycles. The highest BCUT2D eigenvalue weighted by atomic mass is 79.9. The largest absolute Gasteiger partial charge is 0.342 e. The first kappa shape index (κ1) is 15.1. The summed E-state index contributed by atoms with van der Waals surface area (Å²) in [5.74, 6) is -0.772. The second kappa shape index (κ2) is 6.41. The molecule has 0 aliphatic heterocycles. The second-order valence-electron chi connectivity index (χ2n) is 4.32. The molecule has 0 radical (unpaired) electrons. The van der Waals surface area contributed by atoms with Crippen LogP contribution >= 0.6 is 27.5 Å². The highest BCUT2D eigenvalue weighted by Crippen LogP contribution is 2.24. The van der Waals surface area contributed by atoms with Gasteiger partial charge in [-0.05, 0) is 46.6 Å². The molecule has 1 amide bonds. The molecule has 1 heterocycles. The Labute approximate surface area is 129 Å². The molecule has 0 atom stereocenters. The number of aromatic nitrogens is 1. The number of rotatable bonds is 4. The fourth-order valence-electron chi connectivity index (χ4n) is 1.87. The molecule has 3 nitrogen and oxygen atoms in total. The van der Waals surface area contributed by atoms with Gasteiger partial charge >= 0.3 is 0 Å². The smallest absolute Gasteiger partial charge is 0.272 e. The molecule has 1 aromatic heterocycles. The maximum atomic E-state index is 13.2. The van der Waals surface area contributed by atoms with Crippen LogP contribution in [0.4, 0.5) is 10.1 Å². The van der Waals surface area contributed by atoms with E-state index >= 15 is 0 Å². The number of nitrogens with zero attached hydrogens (tertiary/aromatic N) is 1. The van der Waals surface area contributed by atoms with Gasteiger partial charge < -0.3 is 9.88 Å². The third-order valence-electron chi connectivity index (χ3n) is 2.74. The van der Waals surface area contributed by atoms with Crippen molar-refractivity contribution >= 4 is 39.1 Å². The van der Waals surface area contributed by atoms with Crippen LogP contribution in [0.5, 0.6) is 0 Å². The number of hydrogen-bond donors (Lipinski definition) is 1. The van der Waals surface area contributed by atoms with Gasteiger partial charge in [0.15, 0.2) is 0 Å². The van der Waals surface area contributed by atoms with Crippen molar-refractivity contribution in [2.24, 2.45) is 0 Å². The molecule has 106 valence electrons. The summed E-state index contributed by atoms with van der Waals surface area (Å²) in [5, 5.41) is 2.93. The molecule has 2 aromatic rings. The number of benzene rings is 1. The normalized spacial score (nSPS) is 10.6. The van der Waals surface area contributed by atoms with Gasteiger partial charge in [-0.3, -0.25) is 4.79 Å². The topological polar surface area (TPSA) is 34.0 Å². The van der Waals surface area contributed by atoms with Gasteiger partial charge in [-0.2, -0.15) is 0 Å². The van der Waals surface area contributed by atoms with Crippen LogP contribution in [0.25, 0.3) is 0 Å². The number of carbonyl (C=O) groups is 1. The summed E-state index contributed by atoms with van der Waals surface area (Å²) in [5.41, 5.74) is 0.760. The van der Waals surface area contributed by atoms with E-state index in [-0.39, 0.29) is 11.6 Å². The van der Waals surface area contributed by atoms with Gasteiger partial charge in [0.2, 0.25) is 0 Å². The molecule has 0 bridgehead atoms. The van der Waals surface area contributed by atoms with Gasteiger partial charge in [0.05, 0.1) is 10.7 Å². The maximum absolute atomic E-state index is 13.2. The van der Waals surface area contributed by atoms with Gasteiger partial charge in [0.1, 0.15) is 11.5 Å². The van der Waals surface area contributed by atoms with Gasteiger partial charge in [-0.25, -0.2) is 4.39 Å². The van der Waals surface area contributed by atoms with Crippen molar-refractivity contribution in [3.05, 3.63) is 51.5 Å². The SMILES string of the molecule is CCCn1cc(Br)cc1C(=O)Nc1cc(F)ccc1Cl. The van der Waals surface area contributed by atoms with Crippen molar-refractivity contribution in [1.82, 2.24) is 4.57 Å². The average Bonchev–Trinajstić information content (AvgIpc) is 2.75. The Kier molecular flexibility index (Phi) is 4.83.